The second kappa shape index (κ2) is 20.4. The number of ether oxygens (including phenoxy) is 10. The number of benzene rings is 3. The topological polar surface area (TPSA) is 223 Å². The number of hydrogen-bond acceptors (Lipinski definition) is 16. The molecule has 16 atom stereocenters. The van der Waals surface area contributed by atoms with Crippen molar-refractivity contribution >= 4 is 5.91 Å². The summed E-state index contributed by atoms with van der Waals surface area (Å²) in [6.07, 6.45) is -18.7. The highest BCUT2D eigenvalue weighted by Crippen LogP contribution is 2.39. The first kappa shape index (κ1) is 43.6. The van der Waals surface area contributed by atoms with Crippen LogP contribution in [0.2, 0.25) is 0 Å². The van der Waals surface area contributed by atoms with E-state index in [1.165, 1.54) is 14.0 Å². The third-order valence-corrected chi connectivity index (χ3v) is 10.8. The van der Waals surface area contributed by atoms with Crippen LogP contribution in [0.5, 0.6) is 0 Å². The van der Waals surface area contributed by atoms with E-state index in [0.717, 1.165) is 11.1 Å². The quantitative estimate of drug-likeness (QED) is 0.122. The Bertz CT molecular complexity index is 1730. The first-order chi connectivity index (χ1) is 28.7. The third-order valence-electron chi connectivity index (χ3n) is 10.8. The van der Waals surface area contributed by atoms with Crippen LogP contribution in [0.1, 0.15) is 29.9 Å². The van der Waals surface area contributed by atoms with E-state index < -0.39 is 117 Å². The molecule has 6 N–H and O–H groups in total. The van der Waals surface area contributed by atoms with Crippen LogP contribution in [-0.2, 0) is 65.4 Å². The zero-order valence-corrected chi connectivity index (χ0v) is 32.7. The Balaban J connectivity index is 1.23. The van der Waals surface area contributed by atoms with Crippen LogP contribution in [0.15, 0.2) is 91.0 Å². The Morgan fingerprint density at radius 2 is 1.24 bits per heavy atom. The van der Waals surface area contributed by atoms with Gasteiger partial charge in [-0.2, -0.15) is 0 Å². The number of carbonyl (C=O) groups excluding carboxylic acids is 1. The molecule has 3 aromatic rings. The molecule has 1 amide bonds. The Labute approximate surface area is 341 Å². The second-order valence-corrected chi connectivity index (χ2v) is 14.8. The summed E-state index contributed by atoms with van der Waals surface area (Å²) >= 11 is 0. The molecular formula is C42H53NO16. The van der Waals surface area contributed by atoms with Crippen molar-refractivity contribution in [2.24, 2.45) is 0 Å². The van der Waals surface area contributed by atoms with Crippen molar-refractivity contribution in [3.8, 4) is 0 Å². The molecule has 0 spiro atoms. The molecule has 59 heavy (non-hydrogen) atoms. The highest BCUT2D eigenvalue weighted by atomic mass is 16.8. The second-order valence-electron chi connectivity index (χ2n) is 14.8. The van der Waals surface area contributed by atoms with Gasteiger partial charge in [0.1, 0.15) is 73.2 Å². The lowest BCUT2D eigenvalue weighted by Crippen LogP contribution is -2.71. The molecule has 0 aliphatic carbocycles. The molecule has 7 rings (SSSR count). The van der Waals surface area contributed by atoms with Gasteiger partial charge in [0.15, 0.2) is 25.2 Å². The molecule has 4 heterocycles. The number of fused-ring (bicyclic) bond motifs is 1. The number of carbonyl (C=O) groups is 1. The van der Waals surface area contributed by atoms with Gasteiger partial charge in [0.2, 0.25) is 5.91 Å². The van der Waals surface area contributed by atoms with E-state index in [4.69, 9.17) is 47.4 Å². The summed E-state index contributed by atoms with van der Waals surface area (Å²) in [5.74, 6) is -0.515. The maximum atomic E-state index is 13.0. The van der Waals surface area contributed by atoms with Gasteiger partial charge in [0.25, 0.3) is 0 Å². The fourth-order valence-electron chi connectivity index (χ4n) is 7.79. The van der Waals surface area contributed by atoms with Gasteiger partial charge in [0, 0.05) is 19.6 Å². The van der Waals surface area contributed by atoms with Gasteiger partial charge in [-0.3, -0.25) is 4.79 Å². The van der Waals surface area contributed by atoms with Gasteiger partial charge in [0.05, 0.1) is 33.0 Å². The summed E-state index contributed by atoms with van der Waals surface area (Å²) in [6.45, 7) is 0.270. The van der Waals surface area contributed by atoms with Crippen LogP contribution in [0.25, 0.3) is 0 Å². The van der Waals surface area contributed by atoms with Gasteiger partial charge < -0.3 is 78.2 Å². The van der Waals surface area contributed by atoms with E-state index >= 15 is 0 Å². The molecule has 0 bridgehead atoms. The van der Waals surface area contributed by atoms with Crippen LogP contribution in [0, 0.1) is 0 Å². The third kappa shape index (κ3) is 10.2. The maximum absolute atomic E-state index is 13.0. The summed E-state index contributed by atoms with van der Waals surface area (Å²) in [6, 6.07) is 26.8. The van der Waals surface area contributed by atoms with Gasteiger partial charge >= 0.3 is 0 Å². The number of nitrogens with one attached hydrogen (secondary N) is 1. The predicted molar refractivity (Wildman–Crippen MR) is 203 cm³/mol. The molecule has 4 fully saturated rings. The molecule has 0 aromatic heterocycles. The summed E-state index contributed by atoms with van der Waals surface area (Å²) in [5.41, 5.74) is 2.40. The Hall–Kier alpha value is -3.47. The zero-order valence-electron chi connectivity index (χ0n) is 32.7. The SMILES string of the molecule is CO[C@@H]1O[C@H](CO)[C@@H](O[C@@H]2O[C@@H]3CO[C@@H](c4ccccc4)O[C@H]3[C@H](O[C@@H]3O[C@H](CO)[C@@H](O)[C@H](O)[C@H]3O)[C@H]2NC(C)=O)[C@H](OCc2ccccc2)[C@H]1OCc1ccccc1. The first-order valence-electron chi connectivity index (χ1n) is 19.6. The molecule has 3 aromatic carbocycles. The molecule has 17 nitrogen and oxygen atoms in total. The Morgan fingerprint density at radius 1 is 0.661 bits per heavy atom. The number of rotatable bonds is 15. The summed E-state index contributed by atoms with van der Waals surface area (Å²) in [5, 5.41) is 55.9. The fraction of sp³-hybridized carbons (Fsp3) is 0.548. The minimum Gasteiger partial charge on any atom is -0.394 e. The Kier molecular flexibility index (Phi) is 15.1. The lowest BCUT2D eigenvalue weighted by molar-refractivity contribution is -0.394. The average Bonchev–Trinajstić information content (AvgIpc) is 3.26. The van der Waals surface area contributed by atoms with Crippen molar-refractivity contribution in [1.82, 2.24) is 5.32 Å². The molecule has 0 unspecified atom stereocenters. The smallest absolute Gasteiger partial charge is 0.217 e. The van der Waals surface area contributed by atoms with E-state index in [-0.39, 0.29) is 19.8 Å². The number of hydrogen-bond donors (Lipinski definition) is 6. The first-order valence-corrected chi connectivity index (χ1v) is 19.6. The Morgan fingerprint density at radius 3 is 1.83 bits per heavy atom. The fourth-order valence-corrected chi connectivity index (χ4v) is 7.79. The van der Waals surface area contributed by atoms with Crippen LogP contribution in [-0.4, -0.2) is 150 Å². The average molecular weight is 828 g/mol. The number of aliphatic hydroxyl groups is 5. The summed E-state index contributed by atoms with van der Waals surface area (Å²) in [7, 11) is 1.46. The normalized spacial score (nSPS) is 37.3. The van der Waals surface area contributed by atoms with Gasteiger partial charge in [-0.05, 0) is 11.1 Å². The van der Waals surface area contributed by atoms with Crippen LogP contribution in [0.4, 0.5) is 0 Å². The van der Waals surface area contributed by atoms with Gasteiger partial charge in [-0.1, -0.05) is 91.0 Å². The predicted octanol–water partition coefficient (Wildman–Crippen LogP) is 0.435. The lowest BCUT2D eigenvalue weighted by atomic mass is 9.93. The van der Waals surface area contributed by atoms with E-state index in [2.05, 4.69) is 5.32 Å². The van der Waals surface area contributed by atoms with Crippen molar-refractivity contribution in [2.75, 3.05) is 26.9 Å². The lowest BCUT2D eigenvalue weighted by Gasteiger charge is -2.52. The molecule has 17 heteroatoms. The summed E-state index contributed by atoms with van der Waals surface area (Å²) < 4.78 is 63.3. The molecule has 4 saturated heterocycles. The number of aliphatic hydroxyl groups excluding tert-OH is 5. The van der Waals surface area contributed by atoms with Crippen molar-refractivity contribution in [3.05, 3.63) is 108 Å². The van der Waals surface area contributed by atoms with Crippen LogP contribution in [0.3, 0.4) is 0 Å². The van der Waals surface area contributed by atoms with Crippen LogP contribution < -0.4 is 5.32 Å². The van der Waals surface area contributed by atoms with Crippen molar-refractivity contribution in [1.29, 1.82) is 0 Å². The standard InChI is InChI=1S/C42H53NO16/c1-23(46)43-30-36(59-41-33(49)32(48)31(47)27(18-44)54-41)35-29(22-53-39(57-35)26-16-10-5-11-17-26)56-40(30)58-34-28(19-45)55-42(50-2)38(52-21-25-14-8-4-9-15-25)37(34)51-20-24-12-6-3-7-13-24/h3-17,27-42,44-45,47-49H,18-22H2,1-2H3,(H,43,46)/t27-,28-,29-,30-,31-,32+,33-,34-,35-,36-,37+,38-,39-,40+,41+,42-/m1/s1. The van der Waals surface area contributed by atoms with E-state index in [1.54, 1.807) is 0 Å². The molecule has 4 aliphatic rings. The molecular weight excluding hydrogens is 774 g/mol. The summed E-state index contributed by atoms with van der Waals surface area (Å²) in [4.78, 5) is 13.0. The number of amides is 1. The van der Waals surface area contributed by atoms with Crippen molar-refractivity contribution < 1.29 is 77.7 Å². The minimum absolute atomic E-state index is 0.0431. The number of methoxy groups -OCH3 is 1. The molecule has 0 saturated carbocycles. The maximum Gasteiger partial charge on any atom is 0.217 e. The van der Waals surface area contributed by atoms with Gasteiger partial charge in [-0.15, -0.1) is 0 Å². The highest BCUT2D eigenvalue weighted by molar-refractivity contribution is 5.73. The largest absolute Gasteiger partial charge is 0.394 e. The molecule has 322 valence electrons. The van der Waals surface area contributed by atoms with Gasteiger partial charge in [-0.25, -0.2) is 0 Å². The van der Waals surface area contributed by atoms with Crippen molar-refractivity contribution in [3.63, 3.8) is 0 Å². The zero-order chi connectivity index (χ0) is 41.5. The van der Waals surface area contributed by atoms with E-state index in [0.29, 0.717) is 5.56 Å². The van der Waals surface area contributed by atoms with Crippen molar-refractivity contribution in [2.45, 2.75) is 118 Å². The van der Waals surface area contributed by atoms with E-state index in [9.17, 15) is 30.3 Å². The monoisotopic (exact) mass is 827 g/mol. The van der Waals surface area contributed by atoms with E-state index in [1.807, 2.05) is 91.0 Å². The molecule has 0 radical (unpaired) electrons. The van der Waals surface area contributed by atoms with Crippen LogP contribution >= 0.6 is 0 Å². The molecule has 4 aliphatic heterocycles. The minimum atomic E-state index is -1.79. The highest BCUT2D eigenvalue weighted by Gasteiger charge is 2.57.